The Labute approximate surface area is 214 Å². The minimum atomic E-state index is -0.298. The van der Waals surface area contributed by atoms with Gasteiger partial charge in [0.15, 0.2) is 4.67 Å². The number of nitrogens with one attached hydrogen (secondary N) is 1. The molecule has 0 radical (unpaired) electrons. The van der Waals surface area contributed by atoms with E-state index in [1.807, 2.05) is 41.9 Å². The molecule has 1 aliphatic carbocycles. The van der Waals surface area contributed by atoms with Gasteiger partial charge < -0.3 is 0 Å². The Morgan fingerprint density at radius 3 is 2.54 bits per heavy atom. The molecule has 0 saturated heterocycles. The van der Waals surface area contributed by atoms with Crippen molar-refractivity contribution in [1.82, 2.24) is 29.6 Å². The van der Waals surface area contributed by atoms with Crippen LogP contribution in [0.5, 0.6) is 0 Å². The van der Waals surface area contributed by atoms with Crippen molar-refractivity contribution < 1.29 is 4.39 Å². The van der Waals surface area contributed by atoms with Crippen molar-refractivity contribution in [3.05, 3.63) is 106 Å². The van der Waals surface area contributed by atoms with Gasteiger partial charge in [-0.3, -0.25) is 5.43 Å². The lowest BCUT2D eigenvalue weighted by molar-refractivity contribution is 0.628. The van der Waals surface area contributed by atoms with E-state index in [2.05, 4.69) is 45.0 Å². The number of aromatic nitrogens is 6. The normalized spacial score (nSPS) is 12.6. The monoisotopic (exact) mass is 506 g/mol. The second-order valence-corrected chi connectivity index (χ2v) is 9.65. The van der Waals surface area contributed by atoms with E-state index in [-0.39, 0.29) is 5.82 Å². The fraction of sp³-hybridized carbons (Fsp3) is 0.0741. The van der Waals surface area contributed by atoms with Gasteiger partial charge in [0, 0.05) is 17.5 Å². The molecule has 37 heavy (non-hydrogen) atoms. The van der Waals surface area contributed by atoms with Crippen molar-refractivity contribution in [2.45, 2.75) is 13.3 Å². The first-order valence-corrected chi connectivity index (χ1v) is 12.5. The van der Waals surface area contributed by atoms with Gasteiger partial charge in [0.2, 0.25) is 10.8 Å². The zero-order valence-corrected chi connectivity index (χ0v) is 20.4. The highest BCUT2D eigenvalue weighted by Gasteiger charge is 2.30. The lowest BCUT2D eigenvalue weighted by Gasteiger charge is -2.07. The summed E-state index contributed by atoms with van der Waals surface area (Å²) < 4.78 is 17.6. The largest absolute Gasteiger partial charge is 0.277 e. The number of benzene rings is 3. The molecule has 0 atom stereocenters. The molecule has 3 heterocycles. The third kappa shape index (κ3) is 3.61. The van der Waals surface area contributed by atoms with Crippen LogP contribution in [-0.4, -0.2) is 29.6 Å². The highest BCUT2D eigenvalue weighted by atomic mass is 32.1. The van der Waals surface area contributed by atoms with Crippen LogP contribution >= 0.6 is 11.3 Å². The second-order valence-electron chi connectivity index (χ2n) is 8.70. The molecule has 0 amide bonds. The van der Waals surface area contributed by atoms with E-state index in [1.54, 1.807) is 16.6 Å². The Hall–Kier alpha value is -4.70. The summed E-state index contributed by atoms with van der Waals surface area (Å²) in [4.78, 5) is 0.596. The van der Waals surface area contributed by atoms with Crippen molar-refractivity contribution in [2.75, 3.05) is 5.43 Å². The van der Waals surface area contributed by atoms with Gasteiger partial charge in [-0.25, -0.2) is 9.07 Å². The fourth-order valence-corrected chi connectivity index (χ4v) is 5.34. The summed E-state index contributed by atoms with van der Waals surface area (Å²) >= 11 is 1.36. The topological polar surface area (TPSA) is 85.3 Å². The maximum absolute atomic E-state index is 13.2. The van der Waals surface area contributed by atoms with Crippen LogP contribution in [0.2, 0.25) is 0 Å². The van der Waals surface area contributed by atoms with Crippen LogP contribution in [0.25, 0.3) is 33.4 Å². The number of hydrogen-bond donors (Lipinski definition) is 1. The molecule has 0 aliphatic heterocycles. The van der Waals surface area contributed by atoms with Crippen LogP contribution in [0.3, 0.4) is 0 Å². The van der Waals surface area contributed by atoms with Gasteiger partial charge in [-0.15, -0.1) is 10.2 Å². The van der Waals surface area contributed by atoms with Crippen LogP contribution in [0.4, 0.5) is 10.1 Å². The summed E-state index contributed by atoms with van der Waals surface area (Å²) in [7, 11) is 0. The Kier molecular flexibility index (Phi) is 4.93. The predicted octanol–water partition coefficient (Wildman–Crippen LogP) is 4.99. The quantitative estimate of drug-likeness (QED) is 0.340. The van der Waals surface area contributed by atoms with Gasteiger partial charge >= 0.3 is 0 Å². The van der Waals surface area contributed by atoms with Crippen molar-refractivity contribution >= 4 is 22.0 Å². The highest BCUT2D eigenvalue weighted by molar-refractivity contribution is 7.14. The van der Waals surface area contributed by atoms with E-state index in [9.17, 15) is 4.39 Å². The second kappa shape index (κ2) is 8.45. The van der Waals surface area contributed by atoms with E-state index in [1.165, 1.54) is 34.6 Å². The third-order valence-electron chi connectivity index (χ3n) is 6.33. The summed E-state index contributed by atoms with van der Waals surface area (Å²) in [5.41, 5.74) is 10.7. The zero-order chi connectivity index (χ0) is 24.9. The standard InChI is InChI=1S/C27H19FN8S/c1-16-26(31-29-19-13-11-18(28)12-14-19)37-27-32-30-25(36(27)33-16)23-22-15-17-7-5-6-10-21(17)24(22)35(34-23)20-8-3-2-4-9-20/h2-14,29H,15H2,1H3/b31-26-. The first kappa shape index (κ1) is 21.6. The fourth-order valence-electron chi connectivity index (χ4n) is 4.59. The van der Waals surface area contributed by atoms with Gasteiger partial charge in [0.1, 0.15) is 11.5 Å². The van der Waals surface area contributed by atoms with Crippen molar-refractivity contribution in [3.63, 3.8) is 0 Å². The van der Waals surface area contributed by atoms with Crippen LogP contribution < -0.4 is 10.1 Å². The van der Waals surface area contributed by atoms with Gasteiger partial charge in [-0.05, 0) is 48.9 Å². The molecule has 3 aromatic heterocycles. The van der Waals surface area contributed by atoms with E-state index in [0.717, 1.165) is 29.1 Å². The molecule has 0 spiro atoms. The summed E-state index contributed by atoms with van der Waals surface area (Å²) in [5, 5.41) is 23.1. The molecular weight excluding hydrogens is 487 g/mol. The number of rotatable bonds is 4. The molecule has 0 bridgehead atoms. The van der Waals surface area contributed by atoms with Gasteiger partial charge in [-0.1, -0.05) is 53.8 Å². The molecule has 180 valence electrons. The molecule has 0 saturated carbocycles. The lowest BCUT2D eigenvalue weighted by atomic mass is 10.1. The number of aryl methyl sites for hydroxylation is 1. The number of hydrogen-bond acceptors (Lipinski definition) is 7. The van der Waals surface area contributed by atoms with Gasteiger partial charge in [0.25, 0.3) is 0 Å². The molecule has 0 unspecified atom stereocenters. The molecular formula is C27H19FN8S. The molecule has 0 fully saturated rings. The Morgan fingerprint density at radius 1 is 0.919 bits per heavy atom. The van der Waals surface area contributed by atoms with Crippen molar-refractivity contribution in [1.29, 1.82) is 0 Å². The summed E-state index contributed by atoms with van der Waals surface area (Å²) in [6.07, 6.45) is 0.764. The highest BCUT2D eigenvalue weighted by Crippen LogP contribution is 2.42. The number of anilines is 1. The van der Waals surface area contributed by atoms with Gasteiger partial charge in [0.05, 0.1) is 22.8 Å². The smallest absolute Gasteiger partial charge is 0.235 e. The minimum Gasteiger partial charge on any atom is -0.277 e. The van der Waals surface area contributed by atoms with Crippen LogP contribution in [0, 0.1) is 12.7 Å². The molecule has 10 heteroatoms. The Bertz CT molecular complexity index is 1850. The maximum atomic E-state index is 13.2. The van der Waals surface area contributed by atoms with Crippen molar-refractivity contribution in [2.24, 2.45) is 5.10 Å². The van der Waals surface area contributed by atoms with E-state index in [0.29, 0.717) is 26.8 Å². The number of fused-ring (bicyclic) bond motifs is 4. The van der Waals surface area contributed by atoms with Crippen LogP contribution in [0.15, 0.2) is 84.0 Å². The van der Waals surface area contributed by atoms with Crippen LogP contribution in [0.1, 0.15) is 16.8 Å². The number of nitrogens with zero attached hydrogens (tertiary/aromatic N) is 7. The molecule has 8 nitrogen and oxygen atoms in total. The van der Waals surface area contributed by atoms with E-state index in [4.69, 9.17) is 10.2 Å². The van der Waals surface area contributed by atoms with Gasteiger partial charge in [-0.2, -0.15) is 19.8 Å². The first-order chi connectivity index (χ1) is 18.2. The number of para-hydroxylation sites is 1. The first-order valence-electron chi connectivity index (χ1n) is 11.7. The molecule has 3 aromatic carbocycles. The van der Waals surface area contributed by atoms with Crippen molar-refractivity contribution in [3.8, 4) is 28.5 Å². The third-order valence-corrected chi connectivity index (χ3v) is 7.34. The molecule has 7 rings (SSSR count). The average molecular weight is 507 g/mol. The Morgan fingerprint density at radius 2 is 1.70 bits per heavy atom. The summed E-state index contributed by atoms with van der Waals surface area (Å²) in [5.74, 6) is 0.291. The predicted molar refractivity (Wildman–Crippen MR) is 140 cm³/mol. The molecule has 6 aromatic rings. The summed E-state index contributed by atoms with van der Waals surface area (Å²) in [6.45, 7) is 1.88. The average Bonchev–Trinajstić information content (AvgIpc) is 3.61. The van der Waals surface area contributed by atoms with E-state index < -0.39 is 0 Å². The maximum Gasteiger partial charge on any atom is 0.235 e. The SMILES string of the molecule is Cc1nn2c(-c3nn(-c4ccccc4)c4c3Cc3ccccc3-4)nnc2s/c1=N\Nc1ccc(F)cc1. The minimum absolute atomic E-state index is 0.298. The van der Waals surface area contributed by atoms with Crippen LogP contribution in [-0.2, 0) is 6.42 Å². The zero-order valence-electron chi connectivity index (χ0n) is 19.6. The Balaban J connectivity index is 1.35. The lowest BCUT2D eigenvalue weighted by Crippen LogP contribution is -2.12. The molecule has 1 N–H and O–H groups in total. The molecule has 1 aliphatic rings. The summed E-state index contributed by atoms with van der Waals surface area (Å²) in [6, 6.07) is 24.5. The van der Waals surface area contributed by atoms with E-state index >= 15 is 0 Å². The number of halogens is 1.